The number of aliphatic hydroxyl groups excluding tert-OH is 1. The summed E-state index contributed by atoms with van der Waals surface area (Å²) < 4.78 is 0. The summed E-state index contributed by atoms with van der Waals surface area (Å²) in [6.07, 6.45) is 2.12. The van der Waals surface area contributed by atoms with E-state index in [1.165, 1.54) is 0 Å². The van der Waals surface area contributed by atoms with Crippen LogP contribution in [0.2, 0.25) is 0 Å². The lowest BCUT2D eigenvalue weighted by molar-refractivity contribution is -0.123. The lowest BCUT2D eigenvalue weighted by atomic mass is 9.89. The van der Waals surface area contributed by atoms with Gasteiger partial charge in [0.05, 0.1) is 6.04 Å². The second-order valence-corrected chi connectivity index (χ2v) is 5.66. The maximum atomic E-state index is 12.2. The predicted molar refractivity (Wildman–Crippen MR) is 82.3 cm³/mol. The van der Waals surface area contributed by atoms with Gasteiger partial charge in [0.1, 0.15) is 0 Å². The Hall–Kier alpha value is -1.35. The van der Waals surface area contributed by atoms with Crippen molar-refractivity contribution in [2.24, 2.45) is 11.8 Å². The highest BCUT2D eigenvalue weighted by molar-refractivity contribution is 5.76. The second-order valence-electron chi connectivity index (χ2n) is 5.66. The van der Waals surface area contributed by atoms with E-state index in [-0.39, 0.29) is 18.6 Å². The molecule has 0 aliphatic carbocycles. The van der Waals surface area contributed by atoms with Crippen LogP contribution in [0.4, 0.5) is 0 Å². The number of amides is 1. The molecule has 3 heteroatoms. The zero-order chi connectivity index (χ0) is 15.0. The van der Waals surface area contributed by atoms with Crippen LogP contribution < -0.4 is 5.32 Å². The molecule has 1 aromatic rings. The van der Waals surface area contributed by atoms with E-state index in [9.17, 15) is 9.90 Å². The van der Waals surface area contributed by atoms with Crippen LogP contribution in [0.15, 0.2) is 30.3 Å². The van der Waals surface area contributed by atoms with Crippen molar-refractivity contribution in [3.63, 3.8) is 0 Å². The lowest BCUT2D eigenvalue weighted by Gasteiger charge is -2.22. The first-order valence-electron chi connectivity index (χ1n) is 7.53. The molecule has 0 fully saturated rings. The first-order chi connectivity index (χ1) is 9.58. The Morgan fingerprint density at radius 1 is 1.25 bits per heavy atom. The Balaban J connectivity index is 2.64. The number of benzene rings is 1. The normalized spacial score (nSPS) is 14.1. The van der Waals surface area contributed by atoms with E-state index in [0.717, 1.165) is 12.0 Å². The van der Waals surface area contributed by atoms with Crippen LogP contribution in [-0.2, 0) is 4.79 Å². The standard InChI is InChI=1S/C17H27NO2/c1-4-14(13(2)3)12-17(20)18-16(10-11-19)15-8-6-5-7-9-15/h5-9,13-14,16,19H,4,10-12H2,1-3H3,(H,18,20). The van der Waals surface area contributed by atoms with Crippen LogP contribution in [0, 0.1) is 11.8 Å². The van der Waals surface area contributed by atoms with Crippen molar-refractivity contribution in [2.75, 3.05) is 6.61 Å². The van der Waals surface area contributed by atoms with E-state index in [1.807, 2.05) is 30.3 Å². The van der Waals surface area contributed by atoms with Crippen molar-refractivity contribution in [2.45, 2.75) is 46.1 Å². The highest BCUT2D eigenvalue weighted by Gasteiger charge is 2.19. The monoisotopic (exact) mass is 277 g/mol. The van der Waals surface area contributed by atoms with Gasteiger partial charge in [0.15, 0.2) is 0 Å². The molecular formula is C17H27NO2. The molecule has 0 aliphatic rings. The molecule has 0 bridgehead atoms. The fourth-order valence-electron chi connectivity index (χ4n) is 2.48. The first-order valence-corrected chi connectivity index (χ1v) is 7.53. The number of hydrogen-bond acceptors (Lipinski definition) is 2. The molecule has 3 nitrogen and oxygen atoms in total. The summed E-state index contributed by atoms with van der Waals surface area (Å²) in [6, 6.07) is 9.73. The van der Waals surface area contributed by atoms with Gasteiger partial charge in [-0.15, -0.1) is 0 Å². The summed E-state index contributed by atoms with van der Waals surface area (Å²) in [5.74, 6) is 1.01. The summed E-state index contributed by atoms with van der Waals surface area (Å²) in [4.78, 5) is 12.2. The predicted octanol–water partition coefficient (Wildman–Crippen LogP) is 3.30. The Bertz CT molecular complexity index is 389. The highest BCUT2D eigenvalue weighted by atomic mass is 16.3. The molecule has 0 radical (unpaired) electrons. The maximum Gasteiger partial charge on any atom is 0.220 e. The molecule has 1 aromatic carbocycles. The third-order valence-corrected chi connectivity index (χ3v) is 3.87. The van der Waals surface area contributed by atoms with E-state index < -0.39 is 0 Å². The molecule has 1 amide bonds. The quantitative estimate of drug-likeness (QED) is 0.766. The first kappa shape index (κ1) is 16.7. The zero-order valence-corrected chi connectivity index (χ0v) is 12.8. The molecule has 0 aliphatic heterocycles. The van der Waals surface area contributed by atoms with Crippen molar-refractivity contribution < 1.29 is 9.90 Å². The Labute approximate surface area is 122 Å². The summed E-state index contributed by atoms with van der Waals surface area (Å²) >= 11 is 0. The van der Waals surface area contributed by atoms with Crippen LogP contribution in [0.1, 0.15) is 51.6 Å². The van der Waals surface area contributed by atoms with Gasteiger partial charge in [0.2, 0.25) is 5.91 Å². The maximum absolute atomic E-state index is 12.2. The van der Waals surface area contributed by atoms with Crippen molar-refractivity contribution in [3.8, 4) is 0 Å². The van der Waals surface area contributed by atoms with Crippen molar-refractivity contribution >= 4 is 5.91 Å². The van der Waals surface area contributed by atoms with Gasteiger partial charge in [-0.3, -0.25) is 4.79 Å². The van der Waals surface area contributed by atoms with Gasteiger partial charge in [0.25, 0.3) is 0 Å². The number of aliphatic hydroxyl groups is 1. The molecule has 2 atom stereocenters. The topological polar surface area (TPSA) is 49.3 Å². The SMILES string of the molecule is CCC(CC(=O)NC(CCO)c1ccccc1)C(C)C. The molecule has 2 unspecified atom stereocenters. The van der Waals surface area contributed by atoms with Crippen LogP contribution in [0.3, 0.4) is 0 Å². The third-order valence-electron chi connectivity index (χ3n) is 3.87. The lowest BCUT2D eigenvalue weighted by Crippen LogP contribution is -2.31. The molecule has 2 N–H and O–H groups in total. The second kappa shape index (κ2) is 8.75. The number of carbonyl (C=O) groups is 1. The van der Waals surface area contributed by atoms with E-state index in [0.29, 0.717) is 24.7 Å². The molecule has 0 saturated heterocycles. The number of nitrogens with one attached hydrogen (secondary N) is 1. The van der Waals surface area contributed by atoms with Gasteiger partial charge >= 0.3 is 0 Å². The van der Waals surface area contributed by atoms with Crippen LogP contribution in [0.5, 0.6) is 0 Å². The van der Waals surface area contributed by atoms with Gasteiger partial charge < -0.3 is 10.4 Å². The number of rotatable bonds is 8. The molecule has 0 heterocycles. The summed E-state index contributed by atoms with van der Waals surface area (Å²) in [7, 11) is 0. The van der Waals surface area contributed by atoms with E-state index in [4.69, 9.17) is 0 Å². The molecule has 0 spiro atoms. The smallest absolute Gasteiger partial charge is 0.220 e. The van der Waals surface area contributed by atoms with E-state index in [1.54, 1.807) is 0 Å². The molecule has 112 valence electrons. The number of hydrogen-bond donors (Lipinski definition) is 2. The average molecular weight is 277 g/mol. The van der Waals surface area contributed by atoms with Gasteiger partial charge in [-0.2, -0.15) is 0 Å². The molecular weight excluding hydrogens is 250 g/mol. The van der Waals surface area contributed by atoms with Gasteiger partial charge in [-0.25, -0.2) is 0 Å². The van der Waals surface area contributed by atoms with Crippen LogP contribution in [-0.4, -0.2) is 17.6 Å². The van der Waals surface area contributed by atoms with Gasteiger partial charge in [-0.1, -0.05) is 57.5 Å². The summed E-state index contributed by atoms with van der Waals surface area (Å²) in [5.41, 5.74) is 1.05. The Kier molecular flexibility index (Phi) is 7.31. The third kappa shape index (κ3) is 5.33. The highest BCUT2D eigenvalue weighted by Crippen LogP contribution is 2.21. The van der Waals surface area contributed by atoms with E-state index in [2.05, 4.69) is 26.1 Å². The van der Waals surface area contributed by atoms with Crippen molar-refractivity contribution in [1.29, 1.82) is 0 Å². The van der Waals surface area contributed by atoms with E-state index >= 15 is 0 Å². The molecule has 0 aromatic heterocycles. The molecule has 1 rings (SSSR count). The fraction of sp³-hybridized carbons (Fsp3) is 0.588. The molecule has 0 saturated carbocycles. The molecule has 20 heavy (non-hydrogen) atoms. The zero-order valence-electron chi connectivity index (χ0n) is 12.8. The Morgan fingerprint density at radius 3 is 2.40 bits per heavy atom. The van der Waals surface area contributed by atoms with Gasteiger partial charge in [-0.05, 0) is 23.8 Å². The van der Waals surface area contributed by atoms with Gasteiger partial charge in [0, 0.05) is 13.0 Å². The minimum atomic E-state index is -0.0987. The summed E-state index contributed by atoms with van der Waals surface area (Å²) in [5, 5.41) is 12.2. The average Bonchev–Trinajstić information content (AvgIpc) is 2.45. The minimum Gasteiger partial charge on any atom is -0.396 e. The Morgan fingerprint density at radius 2 is 1.90 bits per heavy atom. The fourth-order valence-corrected chi connectivity index (χ4v) is 2.48. The minimum absolute atomic E-state index is 0.0707. The van der Waals surface area contributed by atoms with Crippen LogP contribution in [0.25, 0.3) is 0 Å². The van der Waals surface area contributed by atoms with Crippen molar-refractivity contribution in [1.82, 2.24) is 5.32 Å². The number of carbonyl (C=O) groups excluding carboxylic acids is 1. The van der Waals surface area contributed by atoms with Crippen molar-refractivity contribution in [3.05, 3.63) is 35.9 Å². The summed E-state index contributed by atoms with van der Waals surface area (Å²) in [6.45, 7) is 6.51. The van der Waals surface area contributed by atoms with Crippen LogP contribution >= 0.6 is 0 Å². The largest absolute Gasteiger partial charge is 0.396 e.